The van der Waals surface area contributed by atoms with Crippen molar-refractivity contribution in [3.05, 3.63) is 40.4 Å². The number of likely N-dealkylation sites (N-methyl/N-ethyl adjacent to an activating group) is 1. The van der Waals surface area contributed by atoms with E-state index in [1.807, 2.05) is 19.1 Å². The average Bonchev–Trinajstić information content (AvgIpc) is 3.04. The molecule has 1 aliphatic heterocycles. The zero-order valence-corrected chi connectivity index (χ0v) is 14.3. The number of aromatic nitrogens is 2. The van der Waals surface area contributed by atoms with Gasteiger partial charge in [-0.3, -0.25) is 19.1 Å². The molecule has 1 unspecified atom stereocenters. The van der Waals surface area contributed by atoms with Gasteiger partial charge in [-0.1, -0.05) is 19.1 Å². The number of carbonyl (C=O) groups excluding carboxylic acids is 1. The Balaban J connectivity index is 1.67. The lowest BCUT2D eigenvalue weighted by Crippen LogP contribution is -2.41. The average molecular weight is 328 g/mol. The minimum atomic E-state index is -0.171. The van der Waals surface area contributed by atoms with E-state index >= 15 is 0 Å². The van der Waals surface area contributed by atoms with E-state index in [-0.39, 0.29) is 18.0 Å². The van der Waals surface area contributed by atoms with Crippen LogP contribution in [0.2, 0.25) is 0 Å². The molecule has 1 saturated heterocycles. The first-order valence-electron chi connectivity index (χ1n) is 8.55. The number of rotatable bonds is 5. The zero-order chi connectivity index (χ0) is 17.1. The molecule has 0 aliphatic carbocycles. The van der Waals surface area contributed by atoms with Gasteiger partial charge in [0, 0.05) is 12.6 Å². The fourth-order valence-electron chi connectivity index (χ4n) is 3.43. The number of fused-ring (bicyclic) bond motifs is 1. The number of carbonyl (C=O) groups is 1. The maximum atomic E-state index is 12.5. The predicted octanol–water partition coefficient (Wildman–Crippen LogP) is 1.31. The normalized spacial score (nSPS) is 18.2. The molecule has 1 aliphatic rings. The third-order valence-electron chi connectivity index (χ3n) is 4.81. The summed E-state index contributed by atoms with van der Waals surface area (Å²) < 4.78 is 1.38. The molecule has 1 aromatic carbocycles. The molecule has 0 bridgehead atoms. The molecule has 6 heteroatoms. The van der Waals surface area contributed by atoms with Crippen LogP contribution in [-0.2, 0) is 11.3 Å². The summed E-state index contributed by atoms with van der Waals surface area (Å²) in [7, 11) is 0. The van der Waals surface area contributed by atoms with Gasteiger partial charge in [-0.15, -0.1) is 0 Å². The fraction of sp³-hybridized carbons (Fsp3) is 0.500. The molecule has 2 heterocycles. The van der Waals surface area contributed by atoms with Gasteiger partial charge in [0.15, 0.2) is 0 Å². The Labute approximate surface area is 141 Å². The Morgan fingerprint density at radius 1 is 1.42 bits per heavy atom. The minimum absolute atomic E-state index is 0.00849. The number of benzene rings is 1. The molecule has 1 N–H and O–H groups in total. The predicted molar refractivity (Wildman–Crippen MR) is 94.0 cm³/mol. The van der Waals surface area contributed by atoms with Crippen molar-refractivity contribution < 1.29 is 4.79 Å². The lowest BCUT2D eigenvalue weighted by atomic mass is 10.1. The summed E-state index contributed by atoms with van der Waals surface area (Å²) in [6.07, 6.45) is 3.76. The van der Waals surface area contributed by atoms with Crippen molar-refractivity contribution in [2.75, 3.05) is 19.6 Å². The van der Waals surface area contributed by atoms with Crippen LogP contribution in [-0.4, -0.2) is 46.0 Å². The van der Waals surface area contributed by atoms with Gasteiger partial charge in [0.25, 0.3) is 5.56 Å². The first-order chi connectivity index (χ1) is 11.6. The molecule has 6 nitrogen and oxygen atoms in total. The molecule has 1 fully saturated rings. The monoisotopic (exact) mass is 328 g/mol. The van der Waals surface area contributed by atoms with Crippen molar-refractivity contribution in [3.63, 3.8) is 0 Å². The van der Waals surface area contributed by atoms with Crippen molar-refractivity contribution in [3.8, 4) is 0 Å². The van der Waals surface area contributed by atoms with Gasteiger partial charge in [-0.25, -0.2) is 4.98 Å². The number of amides is 1. The van der Waals surface area contributed by atoms with Crippen LogP contribution in [0.3, 0.4) is 0 Å². The number of nitrogens with zero attached hydrogens (tertiary/aromatic N) is 3. The highest BCUT2D eigenvalue weighted by atomic mass is 16.2. The quantitative estimate of drug-likeness (QED) is 0.898. The number of hydrogen-bond donors (Lipinski definition) is 1. The summed E-state index contributed by atoms with van der Waals surface area (Å²) in [5, 5.41) is 3.51. The first kappa shape index (κ1) is 16.6. The molecule has 3 rings (SSSR count). The Morgan fingerprint density at radius 3 is 3.04 bits per heavy atom. The van der Waals surface area contributed by atoms with E-state index in [9.17, 15) is 9.59 Å². The van der Waals surface area contributed by atoms with Crippen LogP contribution in [0.5, 0.6) is 0 Å². The second-order valence-corrected chi connectivity index (χ2v) is 6.38. The van der Waals surface area contributed by atoms with Gasteiger partial charge in [-0.2, -0.15) is 0 Å². The van der Waals surface area contributed by atoms with Crippen LogP contribution >= 0.6 is 0 Å². The maximum absolute atomic E-state index is 12.5. The minimum Gasteiger partial charge on any atom is -0.353 e. The number of hydrogen-bond acceptors (Lipinski definition) is 4. The van der Waals surface area contributed by atoms with E-state index in [1.54, 1.807) is 6.07 Å². The number of aryl methyl sites for hydroxylation is 1. The molecule has 0 spiro atoms. The van der Waals surface area contributed by atoms with Crippen molar-refractivity contribution in [2.24, 2.45) is 0 Å². The van der Waals surface area contributed by atoms with E-state index in [0.29, 0.717) is 23.5 Å². The summed E-state index contributed by atoms with van der Waals surface area (Å²) in [5.41, 5.74) is 1.49. The topological polar surface area (TPSA) is 67.2 Å². The van der Waals surface area contributed by atoms with Crippen molar-refractivity contribution in [2.45, 2.75) is 39.3 Å². The van der Waals surface area contributed by atoms with Crippen LogP contribution < -0.4 is 10.9 Å². The zero-order valence-electron chi connectivity index (χ0n) is 14.3. The van der Waals surface area contributed by atoms with Gasteiger partial charge in [-0.05, 0) is 44.5 Å². The van der Waals surface area contributed by atoms with Gasteiger partial charge in [0.2, 0.25) is 5.91 Å². The smallest absolute Gasteiger partial charge is 0.261 e. The Hall–Kier alpha value is -2.21. The fourth-order valence-corrected chi connectivity index (χ4v) is 3.43. The van der Waals surface area contributed by atoms with Crippen molar-refractivity contribution >= 4 is 16.8 Å². The Kier molecular flexibility index (Phi) is 4.94. The first-order valence-corrected chi connectivity index (χ1v) is 8.55. The molecule has 128 valence electrons. The second kappa shape index (κ2) is 7.13. The van der Waals surface area contributed by atoms with E-state index in [2.05, 4.69) is 22.1 Å². The lowest BCUT2D eigenvalue weighted by molar-refractivity contribution is -0.121. The van der Waals surface area contributed by atoms with E-state index in [4.69, 9.17) is 0 Å². The highest BCUT2D eigenvalue weighted by molar-refractivity contribution is 5.81. The van der Waals surface area contributed by atoms with Crippen molar-refractivity contribution in [1.82, 2.24) is 19.8 Å². The van der Waals surface area contributed by atoms with Crippen LogP contribution in [0.15, 0.2) is 29.3 Å². The number of likely N-dealkylation sites (tertiary alicyclic amines) is 1. The van der Waals surface area contributed by atoms with Crippen molar-refractivity contribution in [1.29, 1.82) is 0 Å². The van der Waals surface area contributed by atoms with Gasteiger partial charge >= 0.3 is 0 Å². The van der Waals surface area contributed by atoms with E-state index < -0.39 is 0 Å². The van der Waals surface area contributed by atoms with Gasteiger partial charge in [0.05, 0.1) is 17.2 Å². The third-order valence-corrected chi connectivity index (χ3v) is 4.81. The van der Waals surface area contributed by atoms with E-state index in [1.165, 1.54) is 17.3 Å². The largest absolute Gasteiger partial charge is 0.353 e. The molecule has 0 radical (unpaired) electrons. The van der Waals surface area contributed by atoms with E-state index in [0.717, 1.165) is 25.1 Å². The van der Waals surface area contributed by atoms with Crippen LogP contribution in [0, 0.1) is 6.92 Å². The Morgan fingerprint density at radius 2 is 2.25 bits per heavy atom. The number of nitrogens with one attached hydrogen (secondary N) is 1. The van der Waals surface area contributed by atoms with Gasteiger partial charge in [0.1, 0.15) is 6.54 Å². The highest BCUT2D eigenvalue weighted by Gasteiger charge is 2.23. The maximum Gasteiger partial charge on any atom is 0.261 e. The molecule has 1 atom stereocenters. The summed E-state index contributed by atoms with van der Waals surface area (Å²) >= 11 is 0. The Bertz CT molecular complexity index is 799. The molecule has 24 heavy (non-hydrogen) atoms. The highest BCUT2D eigenvalue weighted by Crippen LogP contribution is 2.15. The summed E-state index contributed by atoms with van der Waals surface area (Å²) in [5.74, 6) is -0.145. The third kappa shape index (κ3) is 3.33. The molecule has 2 aromatic rings. The van der Waals surface area contributed by atoms with Crippen LogP contribution in [0.4, 0.5) is 0 Å². The summed E-state index contributed by atoms with van der Waals surface area (Å²) in [6, 6.07) is 5.93. The standard InChI is InChI=1S/C18H24N4O2/c1-3-21-9-5-7-14(21)10-19-16(23)11-22-12-20-17-13(2)6-4-8-15(17)18(22)24/h4,6,8,12,14H,3,5,7,9-11H2,1-2H3,(H,19,23). The summed E-state index contributed by atoms with van der Waals surface area (Å²) in [4.78, 5) is 31.4. The molecular weight excluding hydrogens is 304 g/mol. The van der Waals surface area contributed by atoms with Crippen LogP contribution in [0.25, 0.3) is 10.9 Å². The SMILES string of the molecule is CCN1CCCC1CNC(=O)Cn1cnc2c(C)cccc2c1=O. The molecular formula is C18H24N4O2. The second-order valence-electron chi connectivity index (χ2n) is 6.38. The lowest BCUT2D eigenvalue weighted by Gasteiger charge is -2.22. The summed E-state index contributed by atoms with van der Waals surface area (Å²) in [6.45, 7) is 6.82. The molecule has 1 aromatic heterocycles. The van der Waals surface area contributed by atoms with Gasteiger partial charge < -0.3 is 5.32 Å². The number of para-hydroxylation sites is 1. The molecule has 0 saturated carbocycles. The molecule has 1 amide bonds. The van der Waals surface area contributed by atoms with Crippen LogP contribution in [0.1, 0.15) is 25.3 Å².